The minimum absolute atomic E-state index is 0.0360. The van der Waals surface area contributed by atoms with Gasteiger partial charge in [0.1, 0.15) is 11.0 Å². The molecule has 3 aromatic rings. The van der Waals surface area contributed by atoms with Crippen LogP contribution in [0, 0.1) is 11.3 Å². The van der Waals surface area contributed by atoms with Crippen molar-refractivity contribution >= 4 is 38.2 Å². The van der Waals surface area contributed by atoms with Crippen molar-refractivity contribution in [1.29, 1.82) is 5.26 Å². The number of hydrogen-bond acceptors (Lipinski definition) is 5. The summed E-state index contributed by atoms with van der Waals surface area (Å²) in [4.78, 5) is 2.82. The second-order valence-corrected chi connectivity index (χ2v) is 7.02. The molecule has 1 aromatic carbocycles. The maximum atomic E-state index is 12.5. The first-order valence-electron chi connectivity index (χ1n) is 6.82. The molecule has 8 nitrogen and oxygen atoms in total. The van der Waals surface area contributed by atoms with E-state index >= 15 is 0 Å². The molecule has 0 amide bonds. The third-order valence-electron chi connectivity index (χ3n) is 3.40. The minimum atomic E-state index is -3.87. The summed E-state index contributed by atoms with van der Waals surface area (Å²) < 4.78 is 28.8. The number of fused-ring (bicyclic) bond motifs is 1. The highest BCUT2D eigenvalue weighted by Crippen LogP contribution is 2.32. The van der Waals surface area contributed by atoms with Gasteiger partial charge in [-0.25, -0.2) is 8.42 Å². The van der Waals surface area contributed by atoms with E-state index in [9.17, 15) is 8.42 Å². The molecule has 0 atom stereocenters. The third-order valence-corrected chi connectivity index (χ3v) is 5.03. The topological polar surface area (TPSA) is 124 Å². The summed E-state index contributed by atoms with van der Waals surface area (Å²) in [7, 11) is -3.87. The number of rotatable bonds is 5. The molecule has 3 N–H and O–H groups in total. The van der Waals surface area contributed by atoms with Crippen molar-refractivity contribution in [3.8, 4) is 6.07 Å². The van der Waals surface area contributed by atoms with Crippen LogP contribution in [-0.2, 0) is 16.6 Å². The maximum Gasteiger partial charge on any atom is 0.265 e. The number of sulfonamides is 1. The van der Waals surface area contributed by atoms with Crippen molar-refractivity contribution in [3.63, 3.8) is 0 Å². The Labute approximate surface area is 142 Å². The Morgan fingerprint density at radius 2 is 2.25 bits per heavy atom. The predicted octanol–water partition coefficient (Wildman–Crippen LogP) is 1.68. The molecule has 0 saturated heterocycles. The second kappa shape index (κ2) is 6.16. The van der Waals surface area contributed by atoms with E-state index in [0.717, 1.165) is 0 Å². The van der Waals surface area contributed by atoms with Crippen LogP contribution >= 0.6 is 11.6 Å². The molecule has 0 saturated carbocycles. The zero-order chi connectivity index (χ0) is 17.3. The van der Waals surface area contributed by atoms with Crippen molar-refractivity contribution in [2.75, 3.05) is 11.3 Å². The zero-order valence-corrected chi connectivity index (χ0v) is 13.8. The Hall–Kier alpha value is -2.54. The van der Waals surface area contributed by atoms with Crippen molar-refractivity contribution in [2.24, 2.45) is 0 Å². The largest absolute Gasteiger partial charge is 0.394 e. The summed E-state index contributed by atoms with van der Waals surface area (Å²) in [5.74, 6) is 0. The highest BCUT2D eigenvalue weighted by molar-refractivity contribution is 7.92. The molecular formula is C14H12ClN5O3S. The second-order valence-electron chi connectivity index (χ2n) is 4.93. The number of aliphatic hydroxyl groups is 1. The van der Waals surface area contributed by atoms with E-state index in [4.69, 9.17) is 22.0 Å². The fourth-order valence-electron chi connectivity index (χ4n) is 2.29. The van der Waals surface area contributed by atoms with Crippen molar-refractivity contribution in [1.82, 2.24) is 14.8 Å². The lowest BCUT2D eigenvalue weighted by Crippen LogP contribution is -2.13. The standard InChI is InChI=1S/C14H12ClN5O3S/c15-11-1-2-12(14-13(11)9(5-16)6-17-14)19-24(22,23)10-7-18-20(8-10)3-4-21/h1-2,6-8,17,19,21H,3-4H2. The van der Waals surface area contributed by atoms with Gasteiger partial charge in [0.25, 0.3) is 10.0 Å². The van der Waals surface area contributed by atoms with E-state index in [0.29, 0.717) is 21.5 Å². The number of nitrogens with zero attached hydrogens (tertiary/aromatic N) is 3. The van der Waals surface area contributed by atoms with Crippen LogP contribution in [0.1, 0.15) is 5.56 Å². The van der Waals surface area contributed by atoms with Gasteiger partial charge in [0.15, 0.2) is 0 Å². The SMILES string of the molecule is N#Cc1c[nH]c2c(NS(=O)(=O)c3cnn(CCO)c3)ccc(Cl)c12. The molecule has 0 radical (unpaired) electrons. The van der Waals surface area contributed by atoms with Gasteiger partial charge in [-0.05, 0) is 12.1 Å². The Morgan fingerprint density at radius 1 is 1.46 bits per heavy atom. The average Bonchev–Trinajstić information content (AvgIpc) is 3.18. The number of nitrogens with one attached hydrogen (secondary N) is 2. The Bertz CT molecular complexity index is 1050. The quantitative estimate of drug-likeness (QED) is 0.634. The summed E-state index contributed by atoms with van der Waals surface area (Å²) in [5.41, 5.74) is 1.02. The summed E-state index contributed by atoms with van der Waals surface area (Å²) in [5, 5.41) is 22.6. The fourth-order valence-corrected chi connectivity index (χ4v) is 3.58. The first-order valence-corrected chi connectivity index (χ1v) is 8.68. The van der Waals surface area contributed by atoms with E-state index in [1.54, 1.807) is 0 Å². The van der Waals surface area contributed by atoms with Crippen LogP contribution in [0.4, 0.5) is 5.69 Å². The van der Waals surface area contributed by atoms with Gasteiger partial charge in [-0.3, -0.25) is 9.40 Å². The number of halogens is 1. The van der Waals surface area contributed by atoms with Gasteiger partial charge >= 0.3 is 0 Å². The van der Waals surface area contributed by atoms with E-state index in [-0.39, 0.29) is 23.7 Å². The lowest BCUT2D eigenvalue weighted by molar-refractivity contribution is 0.269. The third kappa shape index (κ3) is 2.82. The van der Waals surface area contributed by atoms with Crippen LogP contribution in [0.5, 0.6) is 0 Å². The van der Waals surface area contributed by atoms with E-state index in [1.165, 1.54) is 35.4 Å². The molecule has 10 heteroatoms. The van der Waals surface area contributed by atoms with Crippen molar-refractivity contribution in [2.45, 2.75) is 11.4 Å². The molecule has 0 fully saturated rings. The summed E-state index contributed by atoms with van der Waals surface area (Å²) in [6.45, 7) is 0.0503. The molecule has 0 bridgehead atoms. The molecule has 2 heterocycles. The number of anilines is 1. The molecule has 0 aliphatic carbocycles. The van der Waals surface area contributed by atoms with Gasteiger partial charge in [0.2, 0.25) is 0 Å². The monoisotopic (exact) mass is 365 g/mol. The van der Waals surface area contributed by atoms with Crippen LogP contribution < -0.4 is 4.72 Å². The van der Waals surface area contributed by atoms with Gasteiger partial charge in [-0.1, -0.05) is 11.6 Å². The number of aliphatic hydroxyl groups excluding tert-OH is 1. The van der Waals surface area contributed by atoms with Crippen LogP contribution in [0.15, 0.2) is 35.6 Å². The number of benzene rings is 1. The number of aromatic nitrogens is 3. The van der Waals surface area contributed by atoms with Gasteiger partial charge < -0.3 is 10.1 Å². The molecule has 0 unspecified atom stereocenters. The van der Waals surface area contributed by atoms with E-state index in [1.807, 2.05) is 6.07 Å². The van der Waals surface area contributed by atoms with E-state index in [2.05, 4.69) is 14.8 Å². The zero-order valence-electron chi connectivity index (χ0n) is 12.2. The first-order chi connectivity index (χ1) is 11.5. The van der Waals surface area contributed by atoms with Gasteiger partial charge in [-0.15, -0.1) is 0 Å². The van der Waals surface area contributed by atoms with E-state index < -0.39 is 10.0 Å². The van der Waals surface area contributed by atoms with Crippen molar-refractivity contribution in [3.05, 3.63) is 41.3 Å². The highest BCUT2D eigenvalue weighted by Gasteiger charge is 2.19. The molecule has 0 spiro atoms. The smallest absolute Gasteiger partial charge is 0.265 e. The Balaban J connectivity index is 2.01. The Kier molecular flexibility index (Phi) is 4.19. The Morgan fingerprint density at radius 3 is 2.96 bits per heavy atom. The van der Waals surface area contributed by atoms with Crippen LogP contribution in [0.3, 0.4) is 0 Å². The van der Waals surface area contributed by atoms with Crippen LogP contribution in [0.25, 0.3) is 10.9 Å². The predicted molar refractivity (Wildman–Crippen MR) is 88.1 cm³/mol. The van der Waals surface area contributed by atoms with Gasteiger partial charge in [-0.2, -0.15) is 10.4 Å². The summed E-state index contributed by atoms with van der Waals surface area (Å²) in [6.07, 6.45) is 3.98. The average molecular weight is 366 g/mol. The molecular weight excluding hydrogens is 354 g/mol. The maximum absolute atomic E-state index is 12.5. The first kappa shape index (κ1) is 16.3. The molecule has 24 heavy (non-hydrogen) atoms. The number of aromatic amines is 1. The van der Waals surface area contributed by atoms with Gasteiger partial charge in [0, 0.05) is 17.8 Å². The van der Waals surface area contributed by atoms with Crippen LogP contribution in [-0.4, -0.2) is 34.9 Å². The highest BCUT2D eigenvalue weighted by atomic mass is 35.5. The molecule has 0 aliphatic rings. The number of hydrogen-bond donors (Lipinski definition) is 3. The minimum Gasteiger partial charge on any atom is -0.394 e. The lowest BCUT2D eigenvalue weighted by Gasteiger charge is -2.08. The van der Waals surface area contributed by atoms with Crippen LogP contribution in [0.2, 0.25) is 5.02 Å². The summed E-state index contributed by atoms with van der Waals surface area (Å²) >= 11 is 6.10. The molecule has 0 aliphatic heterocycles. The lowest BCUT2D eigenvalue weighted by atomic mass is 10.1. The molecule has 124 valence electrons. The fraction of sp³-hybridized carbons (Fsp3) is 0.143. The number of nitriles is 1. The number of H-pyrrole nitrogens is 1. The van der Waals surface area contributed by atoms with Crippen molar-refractivity contribution < 1.29 is 13.5 Å². The molecule has 3 rings (SSSR count). The normalized spacial score (nSPS) is 11.5. The summed E-state index contributed by atoms with van der Waals surface area (Å²) in [6, 6.07) is 5.03. The van der Waals surface area contributed by atoms with Gasteiger partial charge in [0.05, 0.1) is 41.1 Å². The molecule has 2 aromatic heterocycles.